The molecule has 9 heteroatoms. The van der Waals surface area contributed by atoms with Crippen LogP contribution in [0, 0.1) is 0 Å². The Morgan fingerprint density at radius 1 is 0.949 bits per heavy atom. The Labute approximate surface area is 230 Å². The summed E-state index contributed by atoms with van der Waals surface area (Å²) in [6.45, 7) is 5.02. The molecule has 0 radical (unpaired) electrons. The van der Waals surface area contributed by atoms with Crippen molar-refractivity contribution in [3.8, 4) is 17.2 Å². The second kappa shape index (κ2) is 11.2. The number of hydrogen-bond donors (Lipinski definition) is 1. The monoisotopic (exact) mass is 544 g/mol. The molecule has 0 saturated carbocycles. The molecule has 1 unspecified atom stereocenters. The Morgan fingerprint density at radius 2 is 1.64 bits per heavy atom. The standard InChI is InChI=1S/C30H28N2O6S/c1-4-16-38-21-12-8-19(9-13-21)27(33)25-26(18-6-10-20(36-3)11-7-18)32(29(35)28(25)34)30-31-23-15-14-22(37-5-2)17-24(23)39-30/h6-15,17,26,33H,4-5,16H2,1-3H3/b27-25+. The summed E-state index contributed by atoms with van der Waals surface area (Å²) in [6.07, 6.45) is 0.867. The summed E-state index contributed by atoms with van der Waals surface area (Å²) in [5, 5.41) is 11.7. The summed E-state index contributed by atoms with van der Waals surface area (Å²) in [5.41, 5.74) is 1.70. The van der Waals surface area contributed by atoms with E-state index < -0.39 is 17.7 Å². The van der Waals surface area contributed by atoms with E-state index in [9.17, 15) is 14.7 Å². The van der Waals surface area contributed by atoms with Crippen LogP contribution in [-0.4, -0.2) is 42.1 Å². The van der Waals surface area contributed by atoms with Crippen LogP contribution in [0.5, 0.6) is 17.2 Å². The first kappa shape index (κ1) is 26.2. The summed E-state index contributed by atoms with van der Waals surface area (Å²) in [6, 6.07) is 18.5. The summed E-state index contributed by atoms with van der Waals surface area (Å²) in [7, 11) is 1.56. The number of ketones is 1. The maximum Gasteiger partial charge on any atom is 0.301 e. The number of aromatic nitrogens is 1. The normalized spacial score (nSPS) is 16.6. The zero-order valence-corrected chi connectivity index (χ0v) is 22.7. The van der Waals surface area contributed by atoms with Crippen LogP contribution in [0.25, 0.3) is 16.0 Å². The lowest BCUT2D eigenvalue weighted by atomic mass is 9.95. The predicted molar refractivity (Wildman–Crippen MR) is 151 cm³/mol. The van der Waals surface area contributed by atoms with Crippen molar-refractivity contribution < 1.29 is 28.9 Å². The zero-order valence-electron chi connectivity index (χ0n) is 21.8. The van der Waals surface area contributed by atoms with E-state index in [4.69, 9.17) is 14.2 Å². The molecule has 0 spiro atoms. The van der Waals surface area contributed by atoms with Crippen molar-refractivity contribution in [3.05, 3.63) is 83.4 Å². The molecule has 39 heavy (non-hydrogen) atoms. The summed E-state index contributed by atoms with van der Waals surface area (Å²) >= 11 is 1.28. The molecule has 1 aromatic heterocycles. The van der Waals surface area contributed by atoms with E-state index >= 15 is 0 Å². The molecule has 1 aliphatic rings. The average molecular weight is 545 g/mol. The number of amides is 1. The predicted octanol–water partition coefficient (Wildman–Crippen LogP) is 6.12. The van der Waals surface area contributed by atoms with E-state index in [1.165, 1.54) is 16.2 Å². The third-order valence-corrected chi connectivity index (χ3v) is 7.36. The minimum absolute atomic E-state index is 0.0124. The van der Waals surface area contributed by atoms with Crippen molar-refractivity contribution in [2.24, 2.45) is 0 Å². The SMILES string of the molecule is CCCOc1ccc(/C(O)=C2\C(=O)C(=O)N(c3nc4ccc(OCC)cc4s3)C2c2ccc(OC)cc2)cc1. The van der Waals surface area contributed by atoms with Crippen LogP contribution in [0.1, 0.15) is 37.4 Å². The quantitative estimate of drug-likeness (QED) is 0.154. The molecule has 1 amide bonds. The fraction of sp³-hybridized carbons (Fsp3) is 0.233. The number of carbonyl (C=O) groups excluding carboxylic acids is 2. The molecule has 1 N–H and O–H groups in total. The molecule has 3 aromatic carbocycles. The number of fused-ring (bicyclic) bond motifs is 1. The van der Waals surface area contributed by atoms with Gasteiger partial charge in [-0.15, -0.1) is 0 Å². The highest BCUT2D eigenvalue weighted by Crippen LogP contribution is 2.45. The van der Waals surface area contributed by atoms with E-state index in [-0.39, 0.29) is 11.3 Å². The van der Waals surface area contributed by atoms with E-state index in [1.54, 1.807) is 55.6 Å². The molecule has 8 nitrogen and oxygen atoms in total. The van der Waals surface area contributed by atoms with Crippen LogP contribution in [0.15, 0.2) is 72.3 Å². The number of anilines is 1. The van der Waals surface area contributed by atoms with Gasteiger partial charge in [-0.05, 0) is 73.5 Å². The summed E-state index contributed by atoms with van der Waals surface area (Å²) in [4.78, 5) is 33.0. The Hall–Kier alpha value is -4.37. The lowest BCUT2D eigenvalue weighted by molar-refractivity contribution is -0.132. The summed E-state index contributed by atoms with van der Waals surface area (Å²) < 4.78 is 17.4. The first-order valence-corrected chi connectivity index (χ1v) is 13.5. The molecule has 1 atom stereocenters. The minimum atomic E-state index is -0.890. The van der Waals surface area contributed by atoms with E-state index in [2.05, 4.69) is 4.98 Å². The maximum absolute atomic E-state index is 13.5. The first-order valence-electron chi connectivity index (χ1n) is 12.7. The van der Waals surface area contributed by atoms with Crippen LogP contribution in [-0.2, 0) is 9.59 Å². The number of benzene rings is 3. The van der Waals surface area contributed by atoms with Gasteiger partial charge >= 0.3 is 5.91 Å². The second-order valence-electron chi connectivity index (χ2n) is 8.87. The van der Waals surface area contributed by atoms with Crippen LogP contribution in [0.4, 0.5) is 5.13 Å². The number of methoxy groups -OCH3 is 1. The molecule has 2 heterocycles. The number of Topliss-reactive ketones (excluding diaryl/α,β-unsaturated/α-hetero) is 1. The van der Waals surface area contributed by atoms with Crippen molar-refractivity contribution in [2.75, 3.05) is 25.2 Å². The Kier molecular flexibility index (Phi) is 7.51. The van der Waals surface area contributed by atoms with Gasteiger partial charge in [0.05, 0.1) is 42.2 Å². The van der Waals surface area contributed by atoms with Crippen LogP contribution >= 0.6 is 11.3 Å². The third kappa shape index (κ3) is 5.05. The molecule has 4 aromatic rings. The third-order valence-electron chi connectivity index (χ3n) is 6.34. The fourth-order valence-corrected chi connectivity index (χ4v) is 5.49. The number of nitrogens with zero attached hydrogens (tertiary/aromatic N) is 2. The van der Waals surface area contributed by atoms with Crippen molar-refractivity contribution in [3.63, 3.8) is 0 Å². The van der Waals surface area contributed by atoms with E-state index in [1.807, 2.05) is 32.0 Å². The van der Waals surface area contributed by atoms with Crippen molar-refractivity contribution in [1.82, 2.24) is 4.98 Å². The molecule has 1 aliphatic heterocycles. The molecule has 1 fully saturated rings. The smallest absolute Gasteiger partial charge is 0.301 e. The number of aliphatic hydroxyl groups is 1. The van der Waals surface area contributed by atoms with E-state index in [0.717, 1.165) is 11.1 Å². The lowest BCUT2D eigenvalue weighted by Gasteiger charge is -2.23. The number of hydrogen-bond acceptors (Lipinski definition) is 8. The molecule has 1 saturated heterocycles. The van der Waals surface area contributed by atoms with Gasteiger partial charge in [-0.25, -0.2) is 4.98 Å². The number of ether oxygens (including phenoxy) is 3. The van der Waals surface area contributed by atoms with Gasteiger partial charge in [0, 0.05) is 5.56 Å². The highest BCUT2D eigenvalue weighted by molar-refractivity contribution is 7.22. The van der Waals surface area contributed by atoms with Gasteiger partial charge in [0.1, 0.15) is 23.0 Å². The number of rotatable bonds is 9. The molecule has 0 aliphatic carbocycles. The highest BCUT2D eigenvalue weighted by Gasteiger charge is 2.48. The zero-order chi connectivity index (χ0) is 27.5. The molecule has 0 bridgehead atoms. The summed E-state index contributed by atoms with van der Waals surface area (Å²) in [5.74, 6) is 0.167. The topological polar surface area (TPSA) is 98.2 Å². The molecular formula is C30H28N2O6S. The van der Waals surface area contributed by atoms with Gasteiger partial charge in [-0.2, -0.15) is 0 Å². The lowest BCUT2D eigenvalue weighted by Crippen LogP contribution is -2.29. The van der Waals surface area contributed by atoms with Crippen molar-refractivity contribution in [1.29, 1.82) is 0 Å². The maximum atomic E-state index is 13.5. The average Bonchev–Trinajstić information content (AvgIpc) is 3.49. The second-order valence-corrected chi connectivity index (χ2v) is 9.88. The largest absolute Gasteiger partial charge is 0.507 e. The van der Waals surface area contributed by atoms with Gasteiger partial charge < -0.3 is 19.3 Å². The van der Waals surface area contributed by atoms with Gasteiger partial charge in [0.15, 0.2) is 5.13 Å². The minimum Gasteiger partial charge on any atom is -0.507 e. The Morgan fingerprint density at radius 3 is 2.31 bits per heavy atom. The molecule has 200 valence electrons. The molecular weight excluding hydrogens is 516 g/mol. The van der Waals surface area contributed by atoms with Crippen molar-refractivity contribution in [2.45, 2.75) is 26.3 Å². The molecule has 5 rings (SSSR count). The van der Waals surface area contributed by atoms with Gasteiger partial charge in [-0.3, -0.25) is 14.5 Å². The number of thiazole rings is 1. The van der Waals surface area contributed by atoms with Crippen LogP contribution < -0.4 is 19.1 Å². The van der Waals surface area contributed by atoms with Crippen LogP contribution in [0.2, 0.25) is 0 Å². The van der Waals surface area contributed by atoms with Gasteiger partial charge in [0.2, 0.25) is 0 Å². The fourth-order valence-electron chi connectivity index (χ4n) is 4.47. The Balaban J connectivity index is 1.63. The van der Waals surface area contributed by atoms with Gasteiger partial charge in [-0.1, -0.05) is 30.4 Å². The number of carbonyl (C=O) groups is 2. The van der Waals surface area contributed by atoms with Crippen molar-refractivity contribution >= 4 is 44.1 Å². The number of aliphatic hydroxyl groups excluding tert-OH is 1. The highest BCUT2D eigenvalue weighted by atomic mass is 32.1. The van der Waals surface area contributed by atoms with E-state index in [0.29, 0.717) is 52.2 Å². The van der Waals surface area contributed by atoms with Crippen LogP contribution in [0.3, 0.4) is 0 Å². The first-order chi connectivity index (χ1) is 18.9. The van der Waals surface area contributed by atoms with Gasteiger partial charge in [0.25, 0.3) is 5.78 Å². The Bertz CT molecular complexity index is 1540.